The van der Waals surface area contributed by atoms with E-state index in [-0.39, 0.29) is 0 Å². The molecular weight excluding hydrogens is 276 g/mol. The van der Waals surface area contributed by atoms with E-state index >= 15 is 0 Å². The van der Waals surface area contributed by atoms with Crippen molar-refractivity contribution in [1.29, 1.82) is 0 Å². The highest BCUT2D eigenvalue weighted by atomic mass is 16.5. The van der Waals surface area contributed by atoms with E-state index in [0.29, 0.717) is 12.2 Å². The van der Waals surface area contributed by atoms with Crippen molar-refractivity contribution in [2.75, 3.05) is 0 Å². The molecule has 0 bridgehead atoms. The fourth-order valence-electron chi connectivity index (χ4n) is 2.29. The van der Waals surface area contributed by atoms with Gasteiger partial charge < -0.3 is 4.74 Å². The predicted molar refractivity (Wildman–Crippen MR) is 84.8 cm³/mol. The Kier molecular flexibility index (Phi) is 4.01. The van der Waals surface area contributed by atoms with E-state index in [1.165, 1.54) is 0 Å². The maximum atomic E-state index is 10.6. The fraction of sp³-hybridized carbons (Fsp3) is 0.111. The SMILES string of the molecule is Cn1nccc1-c1cccc(COc2ccc(C=O)cc2)c1. The molecule has 3 rings (SSSR count). The van der Waals surface area contributed by atoms with Gasteiger partial charge in [-0.15, -0.1) is 0 Å². The fourth-order valence-corrected chi connectivity index (χ4v) is 2.29. The van der Waals surface area contributed by atoms with Crippen molar-refractivity contribution in [3.8, 4) is 17.0 Å². The molecule has 0 amide bonds. The minimum atomic E-state index is 0.478. The van der Waals surface area contributed by atoms with Gasteiger partial charge in [0.25, 0.3) is 0 Å². The van der Waals surface area contributed by atoms with Crippen LogP contribution in [0.3, 0.4) is 0 Å². The molecule has 1 heterocycles. The van der Waals surface area contributed by atoms with Gasteiger partial charge in [-0.3, -0.25) is 9.48 Å². The van der Waals surface area contributed by atoms with Gasteiger partial charge in [-0.1, -0.05) is 18.2 Å². The summed E-state index contributed by atoms with van der Waals surface area (Å²) in [4.78, 5) is 10.6. The third kappa shape index (κ3) is 3.06. The number of ether oxygens (including phenoxy) is 1. The average molecular weight is 292 g/mol. The van der Waals surface area contributed by atoms with E-state index in [4.69, 9.17) is 4.74 Å². The van der Waals surface area contributed by atoms with E-state index in [1.807, 2.05) is 29.9 Å². The summed E-state index contributed by atoms with van der Waals surface area (Å²) < 4.78 is 7.60. The third-order valence-electron chi connectivity index (χ3n) is 3.47. The normalized spacial score (nSPS) is 10.4. The highest BCUT2D eigenvalue weighted by Crippen LogP contribution is 2.20. The predicted octanol–water partition coefficient (Wildman–Crippen LogP) is 3.48. The zero-order valence-corrected chi connectivity index (χ0v) is 12.3. The van der Waals surface area contributed by atoms with E-state index in [9.17, 15) is 4.79 Å². The molecule has 4 nitrogen and oxygen atoms in total. The molecule has 0 aliphatic carbocycles. The number of rotatable bonds is 5. The number of aromatic nitrogens is 2. The van der Waals surface area contributed by atoms with E-state index in [1.54, 1.807) is 30.5 Å². The van der Waals surface area contributed by atoms with Crippen LogP contribution in [-0.4, -0.2) is 16.1 Å². The van der Waals surface area contributed by atoms with Gasteiger partial charge in [-0.05, 0) is 42.0 Å². The molecule has 3 aromatic rings. The molecule has 0 saturated carbocycles. The van der Waals surface area contributed by atoms with Crippen LogP contribution in [0.2, 0.25) is 0 Å². The van der Waals surface area contributed by atoms with Crippen molar-refractivity contribution in [2.45, 2.75) is 6.61 Å². The van der Waals surface area contributed by atoms with Crippen LogP contribution < -0.4 is 4.74 Å². The zero-order chi connectivity index (χ0) is 15.4. The smallest absolute Gasteiger partial charge is 0.150 e. The van der Waals surface area contributed by atoms with Crippen molar-refractivity contribution < 1.29 is 9.53 Å². The molecule has 0 unspecified atom stereocenters. The molecule has 22 heavy (non-hydrogen) atoms. The van der Waals surface area contributed by atoms with Gasteiger partial charge in [-0.2, -0.15) is 5.10 Å². The number of carbonyl (C=O) groups excluding carboxylic acids is 1. The molecule has 0 saturated heterocycles. The topological polar surface area (TPSA) is 44.1 Å². The van der Waals surface area contributed by atoms with Crippen LogP contribution in [0.25, 0.3) is 11.3 Å². The Morgan fingerprint density at radius 1 is 1.14 bits per heavy atom. The summed E-state index contributed by atoms with van der Waals surface area (Å²) in [7, 11) is 1.92. The standard InChI is InChI=1S/C18H16N2O2/c1-20-18(9-10-19-20)16-4-2-3-15(11-16)13-22-17-7-5-14(12-21)6-8-17/h2-12H,13H2,1H3. The lowest BCUT2D eigenvalue weighted by molar-refractivity contribution is 0.112. The van der Waals surface area contributed by atoms with Crippen molar-refractivity contribution in [2.24, 2.45) is 7.05 Å². The Hall–Kier alpha value is -2.88. The van der Waals surface area contributed by atoms with Crippen LogP contribution in [-0.2, 0) is 13.7 Å². The van der Waals surface area contributed by atoms with E-state index in [2.05, 4.69) is 17.2 Å². The molecule has 1 aromatic heterocycles. The Bertz CT molecular complexity index is 776. The van der Waals surface area contributed by atoms with Gasteiger partial charge in [-0.25, -0.2) is 0 Å². The second kappa shape index (κ2) is 6.26. The minimum absolute atomic E-state index is 0.478. The average Bonchev–Trinajstić information content (AvgIpc) is 3.00. The van der Waals surface area contributed by atoms with Gasteiger partial charge in [0.2, 0.25) is 0 Å². The molecule has 0 aliphatic rings. The maximum Gasteiger partial charge on any atom is 0.150 e. The first kappa shape index (κ1) is 14.1. The van der Waals surface area contributed by atoms with Crippen LogP contribution in [0, 0.1) is 0 Å². The lowest BCUT2D eigenvalue weighted by Gasteiger charge is -2.08. The van der Waals surface area contributed by atoms with Crippen LogP contribution >= 0.6 is 0 Å². The highest BCUT2D eigenvalue weighted by molar-refractivity contribution is 5.74. The second-order valence-corrected chi connectivity index (χ2v) is 5.02. The molecule has 0 radical (unpaired) electrons. The lowest BCUT2D eigenvalue weighted by atomic mass is 10.1. The molecule has 0 spiro atoms. The third-order valence-corrected chi connectivity index (χ3v) is 3.47. The number of hydrogen-bond acceptors (Lipinski definition) is 3. The quantitative estimate of drug-likeness (QED) is 0.676. The van der Waals surface area contributed by atoms with Gasteiger partial charge >= 0.3 is 0 Å². The second-order valence-electron chi connectivity index (χ2n) is 5.02. The molecule has 0 N–H and O–H groups in total. The Labute approximate surface area is 129 Å². The number of benzene rings is 2. The Balaban J connectivity index is 1.73. The first-order valence-electron chi connectivity index (χ1n) is 7.01. The summed E-state index contributed by atoms with van der Waals surface area (Å²) >= 11 is 0. The number of carbonyl (C=O) groups is 1. The van der Waals surface area contributed by atoms with Crippen LogP contribution in [0.15, 0.2) is 60.8 Å². The molecule has 0 fully saturated rings. The van der Waals surface area contributed by atoms with Crippen molar-refractivity contribution >= 4 is 6.29 Å². The first-order valence-corrected chi connectivity index (χ1v) is 7.01. The summed E-state index contributed by atoms with van der Waals surface area (Å²) in [5.41, 5.74) is 3.90. The molecular formula is C18H16N2O2. The molecule has 0 aliphatic heterocycles. The van der Waals surface area contributed by atoms with Crippen molar-refractivity contribution in [3.05, 3.63) is 71.9 Å². The van der Waals surface area contributed by atoms with E-state index in [0.717, 1.165) is 28.9 Å². The number of aldehydes is 1. The number of nitrogens with zero attached hydrogens (tertiary/aromatic N) is 2. The molecule has 110 valence electrons. The van der Waals surface area contributed by atoms with Crippen molar-refractivity contribution in [1.82, 2.24) is 9.78 Å². The minimum Gasteiger partial charge on any atom is -0.489 e. The van der Waals surface area contributed by atoms with Gasteiger partial charge in [0.05, 0.1) is 5.69 Å². The molecule has 0 atom stereocenters. The van der Waals surface area contributed by atoms with Crippen LogP contribution in [0.1, 0.15) is 15.9 Å². The summed E-state index contributed by atoms with van der Waals surface area (Å²) in [6.45, 7) is 0.478. The van der Waals surface area contributed by atoms with Crippen molar-refractivity contribution in [3.63, 3.8) is 0 Å². The molecule has 2 aromatic carbocycles. The molecule has 4 heteroatoms. The summed E-state index contributed by atoms with van der Waals surface area (Å²) in [5, 5.41) is 4.19. The highest BCUT2D eigenvalue weighted by Gasteiger charge is 2.04. The summed E-state index contributed by atoms with van der Waals surface area (Å²) in [6.07, 6.45) is 2.61. The lowest BCUT2D eigenvalue weighted by Crippen LogP contribution is -1.97. The van der Waals surface area contributed by atoms with Crippen LogP contribution in [0.4, 0.5) is 0 Å². The van der Waals surface area contributed by atoms with E-state index < -0.39 is 0 Å². The van der Waals surface area contributed by atoms with Gasteiger partial charge in [0.15, 0.2) is 0 Å². The van der Waals surface area contributed by atoms with Gasteiger partial charge in [0.1, 0.15) is 18.6 Å². The van der Waals surface area contributed by atoms with Gasteiger partial charge in [0, 0.05) is 24.4 Å². The van der Waals surface area contributed by atoms with Crippen LogP contribution in [0.5, 0.6) is 5.75 Å². The zero-order valence-electron chi connectivity index (χ0n) is 12.3. The Morgan fingerprint density at radius 2 is 1.95 bits per heavy atom. The summed E-state index contributed by atoms with van der Waals surface area (Å²) in [5.74, 6) is 0.747. The Morgan fingerprint density at radius 3 is 2.64 bits per heavy atom. The monoisotopic (exact) mass is 292 g/mol. The number of aryl methyl sites for hydroxylation is 1. The largest absolute Gasteiger partial charge is 0.489 e. The summed E-state index contributed by atoms with van der Waals surface area (Å²) in [6, 6.07) is 17.3. The number of hydrogen-bond donors (Lipinski definition) is 0. The first-order chi connectivity index (χ1) is 10.8. The maximum absolute atomic E-state index is 10.6.